The molecule has 0 saturated carbocycles. The number of rotatable bonds is 3. The Morgan fingerprint density at radius 3 is 2.70 bits per heavy atom. The Bertz CT molecular complexity index is 802. The zero-order valence-corrected chi connectivity index (χ0v) is 13.6. The first-order valence-corrected chi connectivity index (χ1v) is 8.16. The van der Waals surface area contributed by atoms with Gasteiger partial charge in [0.05, 0.1) is 24.6 Å². The lowest BCUT2D eigenvalue weighted by molar-refractivity contribution is -0.919. The predicted octanol–water partition coefficient (Wildman–Crippen LogP) is 0.0148. The molecule has 0 atom stereocenters. The van der Waals surface area contributed by atoms with Crippen LogP contribution < -0.4 is 15.4 Å². The van der Waals surface area contributed by atoms with Crippen LogP contribution in [-0.4, -0.2) is 24.0 Å². The molecule has 2 heterocycles. The minimum Gasteiger partial charge on any atom is -0.545 e. The number of H-pyrrole nitrogens is 1. The van der Waals surface area contributed by atoms with E-state index in [1.807, 2.05) is 6.92 Å². The van der Waals surface area contributed by atoms with Gasteiger partial charge in [-0.15, -0.1) is 0 Å². The molecule has 1 saturated heterocycles. The maximum absolute atomic E-state index is 12.8. The Labute approximate surface area is 134 Å². The fourth-order valence-corrected chi connectivity index (χ4v) is 3.39. The molecule has 0 radical (unpaired) electrons. The van der Waals surface area contributed by atoms with Crippen LogP contribution in [0.4, 0.5) is 0 Å². The molecule has 0 aliphatic carbocycles. The molecule has 2 N–H and O–H groups in total. The standard InChI is InChI=1S/C18H22N2O3/c1-11-5-7-20(8-6-11)10-15-12(2)19-16-4-3-13(18(22)23)9-14(16)17(15)21/h3-4,9,11H,5-8,10H2,1-2H3,(H,19,21)(H,22,23). The number of benzene rings is 1. The van der Waals surface area contributed by atoms with Crippen molar-refractivity contribution < 1.29 is 14.8 Å². The number of carbonyl (C=O) groups excluding carboxylic acids is 1. The highest BCUT2D eigenvalue weighted by atomic mass is 16.4. The maximum atomic E-state index is 12.8. The first kappa shape index (κ1) is 15.7. The van der Waals surface area contributed by atoms with Crippen molar-refractivity contribution in [3.8, 4) is 0 Å². The molecule has 3 rings (SSSR count). The molecule has 122 valence electrons. The zero-order chi connectivity index (χ0) is 16.6. The molecule has 1 aliphatic heterocycles. The lowest BCUT2D eigenvalue weighted by Crippen LogP contribution is -3.12. The van der Waals surface area contributed by atoms with Gasteiger partial charge in [0.25, 0.3) is 0 Å². The largest absolute Gasteiger partial charge is 0.545 e. The Kier molecular flexibility index (Phi) is 4.22. The second kappa shape index (κ2) is 6.16. The summed E-state index contributed by atoms with van der Waals surface area (Å²) in [5.74, 6) is -0.496. The highest BCUT2D eigenvalue weighted by Crippen LogP contribution is 2.14. The molecule has 0 amide bonds. The van der Waals surface area contributed by atoms with Crippen molar-refractivity contribution in [2.24, 2.45) is 5.92 Å². The second-order valence-electron chi connectivity index (χ2n) is 6.71. The molecule has 1 aliphatic rings. The van der Waals surface area contributed by atoms with E-state index in [1.54, 1.807) is 6.07 Å². The third-order valence-corrected chi connectivity index (χ3v) is 4.96. The number of quaternary nitrogens is 1. The van der Waals surface area contributed by atoms with Crippen LogP contribution in [0.25, 0.3) is 10.9 Å². The Hall–Kier alpha value is -2.14. The number of aromatic carboxylic acids is 1. The number of likely N-dealkylation sites (tertiary alicyclic amines) is 1. The van der Waals surface area contributed by atoms with Crippen LogP contribution in [0.3, 0.4) is 0 Å². The number of aryl methyl sites for hydroxylation is 1. The number of nitrogens with one attached hydrogen (secondary N) is 2. The van der Waals surface area contributed by atoms with Crippen molar-refractivity contribution in [2.45, 2.75) is 33.2 Å². The lowest BCUT2D eigenvalue weighted by Gasteiger charge is -2.27. The Morgan fingerprint density at radius 2 is 2.04 bits per heavy atom. The number of aromatic amines is 1. The van der Waals surface area contributed by atoms with Gasteiger partial charge in [-0.2, -0.15) is 0 Å². The predicted molar refractivity (Wildman–Crippen MR) is 86.4 cm³/mol. The molecule has 1 fully saturated rings. The van der Waals surface area contributed by atoms with Gasteiger partial charge in [0, 0.05) is 16.6 Å². The van der Waals surface area contributed by atoms with Gasteiger partial charge < -0.3 is 19.8 Å². The van der Waals surface area contributed by atoms with Crippen molar-refractivity contribution in [2.75, 3.05) is 13.1 Å². The fraction of sp³-hybridized carbons (Fsp3) is 0.444. The quantitative estimate of drug-likeness (QED) is 0.838. The average Bonchev–Trinajstić information content (AvgIpc) is 2.53. The topological polar surface area (TPSA) is 77.4 Å². The minimum atomic E-state index is -1.26. The van der Waals surface area contributed by atoms with E-state index < -0.39 is 5.97 Å². The van der Waals surface area contributed by atoms with Gasteiger partial charge >= 0.3 is 0 Å². The first-order valence-electron chi connectivity index (χ1n) is 8.16. The summed E-state index contributed by atoms with van der Waals surface area (Å²) < 4.78 is 0. The van der Waals surface area contributed by atoms with Crippen LogP contribution in [0.1, 0.15) is 41.4 Å². The molecule has 1 aromatic carbocycles. The highest BCUT2D eigenvalue weighted by molar-refractivity contribution is 5.92. The van der Waals surface area contributed by atoms with E-state index in [-0.39, 0.29) is 11.0 Å². The SMILES string of the molecule is Cc1[nH]c2ccc(C(=O)[O-])cc2c(=O)c1C[NH+]1CCC(C)CC1. The van der Waals surface area contributed by atoms with Crippen molar-refractivity contribution in [3.63, 3.8) is 0 Å². The smallest absolute Gasteiger partial charge is 0.198 e. The molecule has 1 aromatic heterocycles. The van der Waals surface area contributed by atoms with Crippen LogP contribution in [0.15, 0.2) is 23.0 Å². The van der Waals surface area contributed by atoms with Gasteiger partial charge in [-0.3, -0.25) is 4.79 Å². The lowest BCUT2D eigenvalue weighted by atomic mass is 9.98. The summed E-state index contributed by atoms with van der Waals surface area (Å²) in [7, 11) is 0. The molecule has 0 spiro atoms. The van der Waals surface area contributed by atoms with E-state index in [1.165, 1.54) is 29.9 Å². The normalized spacial score (nSPS) is 21.5. The third-order valence-electron chi connectivity index (χ3n) is 4.96. The van der Waals surface area contributed by atoms with Crippen LogP contribution in [-0.2, 0) is 6.54 Å². The first-order chi connectivity index (χ1) is 11.0. The van der Waals surface area contributed by atoms with Crippen molar-refractivity contribution >= 4 is 16.9 Å². The number of piperidine rings is 1. The molecule has 5 heteroatoms. The van der Waals surface area contributed by atoms with Gasteiger partial charge in [0.2, 0.25) is 0 Å². The van der Waals surface area contributed by atoms with Gasteiger partial charge in [0.1, 0.15) is 6.54 Å². The van der Waals surface area contributed by atoms with Crippen molar-refractivity contribution in [3.05, 3.63) is 45.2 Å². The van der Waals surface area contributed by atoms with Crippen LogP contribution in [0, 0.1) is 12.8 Å². The fourth-order valence-electron chi connectivity index (χ4n) is 3.39. The summed E-state index contributed by atoms with van der Waals surface area (Å²) >= 11 is 0. The van der Waals surface area contributed by atoms with E-state index in [9.17, 15) is 14.7 Å². The monoisotopic (exact) mass is 314 g/mol. The second-order valence-corrected chi connectivity index (χ2v) is 6.71. The number of hydrogen-bond donors (Lipinski definition) is 2. The highest BCUT2D eigenvalue weighted by Gasteiger charge is 2.21. The summed E-state index contributed by atoms with van der Waals surface area (Å²) in [6.07, 6.45) is 2.38. The summed E-state index contributed by atoms with van der Waals surface area (Å²) in [6.45, 7) is 7.04. The third kappa shape index (κ3) is 3.15. The van der Waals surface area contributed by atoms with E-state index in [0.717, 1.165) is 30.3 Å². The maximum Gasteiger partial charge on any atom is 0.198 e. The Balaban J connectivity index is 1.99. The van der Waals surface area contributed by atoms with E-state index in [0.29, 0.717) is 17.4 Å². The van der Waals surface area contributed by atoms with Crippen LogP contribution in [0.5, 0.6) is 0 Å². The van der Waals surface area contributed by atoms with Crippen molar-refractivity contribution in [1.29, 1.82) is 0 Å². The number of carboxylic acid groups (broad SMARTS) is 1. The van der Waals surface area contributed by atoms with E-state index >= 15 is 0 Å². The molecular formula is C18H22N2O3. The zero-order valence-electron chi connectivity index (χ0n) is 13.6. The van der Waals surface area contributed by atoms with Gasteiger partial charge in [-0.05, 0) is 43.4 Å². The number of carbonyl (C=O) groups is 1. The van der Waals surface area contributed by atoms with Gasteiger partial charge in [-0.1, -0.05) is 13.0 Å². The van der Waals surface area contributed by atoms with Crippen molar-refractivity contribution in [1.82, 2.24) is 4.98 Å². The van der Waals surface area contributed by atoms with E-state index in [4.69, 9.17) is 0 Å². The molecular weight excluding hydrogens is 292 g/mol. The minimum absolute atomic E-state index is 0.0388. The van der Waals surface area contributed by atoms with E-state index in [2.05, 4.69) is 11.9 Å². The average molecular weight is 314 g/mol. The Morgan fingerprint density at radius 1 is 1.35 bits per heavy atom. The number of carboxylic acids is 1. The van der Waals surface area contributed by atoms with Gasteiger partial charge in [0.15, 0.2) is 5.43 Å². The molecule has 23 heavy (non-hydrogen) atoms. The number of fused-ring (bicyclic) bond motifs is 1. The molecule has 2 aromatic rings. The van der Waals surface area contributed by atoms with Crippen LogP contribution >= 0.6 is 0 Å². The molecule has 5 nitrogen and oxygen atoms in total. The summed E-state index contributed by atoms with van der Waals surface area (Å²) in [6, 6.07) is 4.51. The molecule has 0 unspecified atom stereocenters. The molecule has 0 bridgehead atoms. The number of pyridine rings is 1. The van der Waals surface area contributed by atoms with Crippen LogP contribution in [0.2, 0.25) is 0 Å². The summed E-state index contributed by atoms with van der Waals surface area (Å²) in [5, 5.41) is 11.5. The number of aromatic nitrogens is 1. The summed E-state index contributed by atoms with van der Waals surface area (Å²) in [4.78, 5) is 28.5. The summed E-state index contributed by atoms with van der Waals surface area (Å²) in [5.41, 5.74) is 2.28. The number of hydrogen-bond acceptors (Lipinski definition) is 3. The van der Waals surface area contributed by atoms with Gasteiger partial charge in [-0.25, -0.2) is 0 Å².